The summed E-state index contributed by atoms with van der Waals surface area (Å²) >= 11 is 0. The van der Waals surface area contributed by atoms with E-state index >= 15 is 0 Å². The monoisotopic (exact) mass is 472 g/mol. The fourth-order valence-electron chi connectivity index (χ4n) is 3.76. The molecule has 0 atom stereocenters. The number of ether oxygens (including phenoxy) is 1. The average molecular weight is 473 g/mol. The van der Waals surface area contributed by atoms with E-state index < -0.39 is 0 Å². The smallest absolute Gasteiger partial charge is 0.263 e. The number of nitrogens with two attached hydrogens (primary N) is 1. The minimum Gasteiger partial charge on any atom is -0.494 e. The number of pyridine rings is 2. The number of nitrogen functional groups attached to an aromatic ring is 1. The maximum Gasteiger partial charge on any atom is 0.263 e. The summed E-state index contributed by atoms with van der Waals surface area (Å²) in [7, 11) is 1.67. The molecule has 0 fully saturated rings. The third kappa shape index (κ3) is 5.94. The van der Waals surface area contributed by atoms with Crippen LogP contribution >= 0.6 is 0 Å². The van der Waals surface area contributed by atoms with Gasteiger partial charge in [-0.2, -0.15) is 0 Å². The molecule has 0 amide bonds. The molecule has 182 valence electrons. The first kappa shape index (κ1) is 25.6. The van der Waals surface area contributed by atoms with E-state index in [9.17, 15) is 9.90 Å². The molecule has 0 saturated heterocycles. The van der Waals surface area contributed by atoms with Crippen molar-refractivity contribution in [3.63, 3.8) is 0 Å². The number of hydrogen-bond donors (Lipinski definition) is 2. The molecule has 0 aliphatic heterocycles. The number of aliphatic hydroxyl groups excluding tert-OH is 1. The predicted octanol–water partition coefficient (Wildman–Crippen LogP) is 4.67. The van der Waals surface area contributed by atoms with Gasteiger partial charge in [-0.05, 0) is 73.9 Å². The molecule has 7 heteroatoms. The van der Waals surface area contributed by atoms with Gasteiger partial charge in [-0.15, -0.1) is 0 Å². The largest absolute Gasteiger partial charge is 0.494 e. The Morgan fingerprint density at radius 2 is 2.03 bits per heavy atom. The summed E-state index contributed by atoms with van der Waals surface area (Å²) in [6.07, 6.45) is 11.8. The molecular formula is C28H32N4O3. The summed E-state index contributed by atoms with van der Waals surface area (Å²) in [5, 5.41) is 9.37. The Balaban J connectivity index is 2.27. The molecule has 3 rings (SSSR count). The van der Waals surface area contributed by atoms with E-state index in [1.165, 1.54) is 0 Å². The van der Waals surface area contributed by atoms with Crippen molar-refractivity contribution in [3.05, 3.63) is 93.4 Å². The van der Waals surface area contributed by atoms with Crippen LogP contribution in [0.1, 0.15) is 42.7 Å². The van der Waals surface area contributed by atoms with Crippen molar-refractivity contribution in [2.24, 2.45) is 4.99 Å². The second kappa shape index (κ2) is 11.9. The van der Waals surface area contributed by atoms with Crippen LogP contribution in [0, 0.1) is 6.92 Å². The Morgan fingerprint density at radius 3 is 2.66 bits per heavy atom. The van der Waals surface area contributed by atoms with Crippen LogP contribution < -0.4 is 11.3 Å². The Hall–Kier alpha value is -3.97. The minimum atomic E-state index is -0.184. The molecule has 0 saturated carbocycles. The van der Waals surface area contributed by atoms with Crippen LogP contribution in [0.3, 0.4) is 0 Å². The van der Waals surface area contributed by atoms with Gasteiger partial charge in [0.05, 0.1) is 24.5 Å². The molecule has 0 radical (unpaired) electrons. The highest BCUT2D eigenvalue weighted by atomic mass is 16.5. The lowest BCUT2D eigenvalue weighted by molar-refractivity contribution is 0.242. The van der Waals surface area contributed by atoms with Crippen molar-refractivity contribution in [1.29, 1.82) is 0 Å². The molecule has 0 unspecified atom stereocenters. The van der Waals surface area contributed by atoms with Gasteiger partial charge < -0.3 is 15.6 Å². The molecule has 0 aliphatic carbocycles. The average Bonchev–Trinajstić information content (AvgIpc) is 2.86. The Morgan fingerprint density at radius 1 is 1.23 bits per heavy atom. The van der Waals surface area contributed by atoms with Gasteiger partial charge in [-0.1, -0.05) is 13.0 Å². The highest BCUT2D eigenvalue weighted by molar-refractivity contribution is 5.87. The zero-order valence-corrected chi connectivity index (χ0v) is 20.7. The molecule has 0 aliphatic rings. The molecule has 35 heavy (non-hydrogen) atoms. The first-order valence-corrected chi connectivity index (χ1v) is 11.6. The number of anilines is 1. The molecule has 7 nitrogen and oxygen atoms in total. The van der Waals surface area contributed by atoms with Gasteiger partial charge in [-0.3, -0.25) is 19.3 Å². The van der Waals surface area contributed by atoms with Crippen LogP contribution in [0.25, 0.3) is 22.9 Å². The minimum absolute atomic E-state index is 0.163. The third-order valence-electron chi connectivity index (χ3n) is 5.54. The Kier molecular flexibility index (Phi) is 8.75. The number of rotatable bonds is 9. The molecule has 2 heterocycles. The van der Waals surface area contributed by atoms with E-state index in [0.29, 0.717) is 34.8 Å². The molecular weight excluding hydrogens is 440 g/mol. The second-order valence-electron chi connectivity index (χ2n) is 7.94. The standard InChI is InChI=1S/C28H32N4O3/c1-5-7-25(35-6-2)12-9-21-17-32(24-11-13-26(29)22(14-24)15-30-4)28(34)27(19(21)3)20-8-10-23(18-33)31-16-20/h7-17,33H,5-6,18,29H2,1-4H3/b12-9-,25-7-,30-15?. The number of nitrogens with zero attached hydrogens (tertiary/aromatic N) is 3. The van der Waals surface area contributed by atoms with E-state index in [-0.39, 0.29) is 12.2 Å². The van der Waals surface area contributed by atoms with Crippen LogP contribution in [-0.2, 0) is 11.3 Å². The van der Waals surface area contributed by atoms with E-state index in [2.05, 4.69) is 16.9 Å². The van der Waals surface area contributed by atoms with Crippen LogP contribution in [-0.4, -0.2) is 34.5 Å². The van der Waals surface area contributed by atoms with Gasteiger partial charge >= 0.3 is 0 Å². The Labute approximate surface area is 205 Å². The number of aromatic nitrogens is 2. The van der Waals surface area contributed by atoms with Crippen molar-refractivity contribution in [1.82, 2.24) is 9.55 Å². The fourth-order valence-corrected chi connectivity index (χ4v) is 3.76. The van der Waals surface area contributed by atoms with Crippen molar-refractivity contribution in [3.8, 4) is 16.8 Å². The molecule has 2 aromatic heterocycles. The molecule has 3 aromatic rings. The maximum atomic E-state index is 13.8. The molecule has 1 aromatic carbocycles. The molecule has 3 N–H and O–H groups in total. The van der Waals surface area contributed by atoms with Crippen LogP contribution in [0.4, 0.5) is 5.69 Å². The Bertz CT molecular complexity index is 1320. The first-order valence-electron chi connectivity index (χ1n) is 11.6. The van der Waals surface area contributed by atoms with Gasteiger partial charge in [0.25, 0.3) is 5.56 Å². The van der Waals surface area contributed by atoms with Gasteiger partial charge in [0, 0.05) is 48.2 Å². The zero-order chi connectivity index (χ0) is 25.4. The van der Waals surface area contributed by atoms with Gasteiger partial charge in [0.15, 0.2) is 0 Å². The number of allylic oxidation sites excluding steroid dienone is 2. The lowest BCUT2D eigenvalue weighted by atomic mass is 9.99. The van der Waals surface area contributed by atoms with Crippen molar-refractivity contribution >= 4 is 18.0 Å². The van der Waals surface area contributed by atoms with E-state index in [0.717, 1.165) is 28.9 Å². The summed E-state index contributed by atoms with van der Waals surface area (Å²) in [6, 6.07) is 8.94. The van der Waals surface area contributed by atoms with Crippen molar-refractivity contribution in [2.45, 2.75) is 33.8 Å². The highest BCUT2D eigenvalue weighted by Crippen LogP contribution is 2.25. The topological polar surface area (TPSA) is 103 Å². The van der Waals surface area contributed by atoms with E-state index in [1.54, 1.807) is 42.2 Å². The summed E-state index contributed by atoms with van der Waals surface area (Å²) in [6.45, 7) is 6.32. The van der Waals surface area contributed by atoms with Crippen LogP contribution in [0.5, 0.6) is 0 Å². The van der Waals surface area contributed by atoms with Crippen LogP contribution in [0.15, 0.2) is 70.4 Å². The summed E-state index contributed by atoms with van der Waals surface area (Å²) < 4.78 is 7.33. The van der Waals surface area contributed by atoms with E-state index in [4.69, 9.17) is 10.5 Å². The normalized spacial score (nSPS) is 12.1. The van der Waals surface area contributed by atoms with Gasteiger partial charge in [-0.25, -0.2) is 0 Å². The van der Waals surface area contributed by atoms with Gasteiger partial charge in [0.1, 0.15) is 5.76 Å². The zero-order valence-electron chi connectivity index (χ0n) is 20.7. The molecule has 0 spiro atoms. The SMILES string of the molecule is CC/C=C(/C=C\c1cn(-c2ccc(N)c(C=NC)c2)c(=O)c(-c2ccc(CO)nc2)c1C)OCC. The maximum absolute atomic E-state index is 13.8. The third-order valence-corrected chi connectivity index (χ3v) is 5.54. The lowest BCUT2D eigenvalue weighted by Gasteiger charge is -2.16. The number of aliphatic hydroxyl groups is 1. The summed E-state index contributed by atoms with van der Waals surface area (Å²) in [5.74, 6) is 0.775. The van der Waals surface area contributed by atoms with Crippen molar-refractivity contribution in [2.75, 3.05) is 19.4 Å². The lowest BCUT2D eigenvalue weighted by Crippen LogP contribution is -2.22. The van der Waals surface area contributed by atoms with Crippen molar-refractivity contribution < 1.29 is 9.84 Å². The number of aliphatic imine (C=N–C) groups is 1. The van der Waals surface area contributed by atoms with Gasteiger partial charge in [0.2, 0.25) is 0 Å². The second-order valence-corrected chi connectivity index (χ2v) is 7.94. The number of benzene rings is 1. The fraction of sp³-hybridized carbons (Fsp3) is 0.250. The highest BCUT2D eigenvalue weighted by Gasteiger charge is 2.16. The quantitative estimate of drug-likeness (QED) is 0.204. The predicted molar refractivity (Wildman–Crippen MR) is 143 cm³/mol. The van der Waals surface area contributed by atoms with E-state index in [1.807, 2.05) is 50.4 Å². The van der Waals surface area contributed by atoms with Crippen LogP contribution in [0.2, 0.25) is 0 Å². The summed E-state index contributed by atoms with van der Waals surface area (Å²) in [4.78, 5) is 22.1. The number of hydrogen-bond acceptors (Lipinski definition) is 6. The summed E-state index contributed by atoms with van der Waals surface area (Å²) in [5.41, 5.74) is 11.3. The molecule has 0 bridgehead atoms. The first-order chi connectivity index (χ1) is 16.9.